The molecule has 0 heterocycles. The molecule has 0 aromatic carbocycles. The number of esters is 1. The first kappa shape index (κ1) is 28.8. The number of carbonyl (C=O) groups excluding carboxylic acids is 2. The Bertz CT molecular complexity index is 720. The topological polar surface area (TPSA) is 108 Å². The molecular formula is C20H39NO7SSi. The molecule has 1 N–H and O–H groups in total. The van der Waals surface area contributed by atoms with Crippen molar-refractivity contribution in [1.82, 2.24) is 5.32 Å². The van der Waals surface area contributed by atoms with Gasteiger partial charge in [0.25, 0.3) is 10.1 Å². The summed E-state index contributed by atoms with van der Waals surface area (Å²) >= 11 is 0. The first-order valence-electron chi connectivity index (χ1n) is 9.87. The average Bonchev–Trinajstić information content (AvgIpc) is 2.46. The predicted molar refractivity (Wildman–Crippen MR) is 120 cm³/mol. The van der Waals surface area contributed by atoms with Gasteiger partial charge in [-0.05, 0) is 38.9 Å². The van der Waals surface area contributed by atoms with Gasteiger partial charge >= 0.3 is 5.97 Å². The quantitative estimate of drug-likeness (QED) is 0.228. The molecule has 0 aromatic rings. The van der Waals surface area contributed by atoms with Gasteiger partial charge < -0.3 is 14.5 Å². The van der Waals surface area contributed by atoms with Crippen LogP contribution in [0.4, 0.5) is 0 Å². The summed E-state index contributed by atoms with van der Waals surface area (Å²) < 4.78 is 40.5. The molecule has 0 rings (SSSR count). The van der Waals surface area contributed by atoms with Crippen molar-refractivity contribution in [3.8, 4) is 0 Å². The van der Waals surface area contributed by atoms with Crippen LogP contribution >= 0.6 is 0 Å². The van der Waals surface area contributed by atoms with Gasteiger partial charge in [0.1, 0.15) is 5.60 Å². The van der Waals surface area contributed by atoms with Gasteiger partial charge in [0.2, 0.25) is 5.91 Å². The Morgan fingerprint density at radius 2 is 1.63 bits per heavy atom. The molecule has 0 saturated carbocycles. The summed E-state index contributed by atoms with van der Waals surface area (Å²) in [5.41, 5.74) is -0.832. The van der Waals surface area contributed by atoms with Gasteiger partial charge in [0.15, 0.2) is 14.4 Å². The van der Waals surface area contributed by atoms with E-state index in [1.807, 2.05) is 13.1 Å². The molecule has 30 heavy (non-hydrogen) atoms. The second-order valence-corrected chi connectivity index (χ2v) is 16.3. The van der Waals surface area contributed by atoms with E-state index in [0.717, 1.165) is 6.26 Å². The average molecular weight is 466 g/mol. The van der Waals surface area contributed by atoms with Crippen LogP contribution in [0.1, 0.15) is 54.9 Å². The lowest BCUT2D eigenvalue weighted by Crippen LogP contribution is -2.52. The maximum Gasteiger partial charge on any atom is 0.337 e. The summed E-state index contributed by atoms with van der Waals surface area (Å²) in [6, 6.07) is -0.648. The van der Waals surface area contributed by atoms with Crippen LogP contribution < -0.4 is 5.32 Å². The Kier molecular flexibility index (Phi) is 9.96. The SMILES string of the molecule is C=C[C@H](NC(C)=O)[C@H](C[C@@H](OS(C)(=O)=O)C(=O)OC(C)(C)C)O[Si](C)(C)C(C)(C)C. The molecule has 0 aromatic heterocycles. The van der Waals surface area contributed by atoms with Gasteiger partial charge in [-0.1, -0.05) is 26.8 Å². The molecule has 0 aliphatic carbocycles. The van der Waals surface area contributed by atoms with Gasteiger partial charge in [0, 0.05) is 13.3 Å². The summed E-state index contributed by atoms with van der Waals surface area (Å²) in [7, 11) is -6.32. The zero-order valence-electron chi connectivity index (χ0n) is 20.0. The van der Waals surface area contributed by atoms with Crippen LogP contribution in [0.5, 0.6) is 0 Å². The van der Waals surface area contributed by atoms with Crippen LogP contribution in [0.3, 0.4) is 0 Å². The van der Waals surface area contributed by atoms with E-state index in [-0.39, 0.29) is 17.4 Å². The highest BCUT2D eigenvalue weighted by molar-refractivity contribution is 7.86. The van der Waals surface area contributed by atoms with E-state index >= 15 is 0 Å². The first-order chi connectivity index (χ1) is 13.2. The number of carbonyl (C=O) groups is 2. The Morgan fingerprint density at radius 3 is 1.97 bits per heavy atom. The highest BCUT2D eigenvalue weighted by atomic mass is 32.2. The summed E-state index contributed by atoms with van der Waals surface area (Å²) in [4.78, 5) is 24.4. The lowest BCUT2D eigenvalue weighted by molar-refractivity contribution is -0.164. The monoisotopic (exact) mass is 465 g/mol. The van der Waals surface area contributed by atoms with Crippen LogP contribution in [0.15, 0.2) is 12.7 Å². The van der Waals surface area contributed by atoms with Crippen molar-refractivity contribution in [2.45, 2.75) is 96.9 Å². The van der Waals surface area contributed by atoms with E-state index in [1.165, 1.54) is 13.0 Å². The highest BCUT2D eigenvalue weighted by Crippen LogP contribution is 2.38. The number of rotatable bonds is 10. The van der Waals surface area contributed by atoms with Crippen LogP contribution in [-0.2, 0) is 33.1 Å². The molecule has 0 bridgehead atoms. The summed E-state index contributed by atoms with van der Waals surface area (Å²) in [6.45, 7) is 20.3. The lowest BCUT2D eigenvalue weighted by Gasteiger charge is -2.41. The van der Waals surface area contributed by atoms with Crippen LogP contribution in [0.25, 0.3) is 0 Å². The fraction of sp³-hybridized carbons (Fsp3) is 0.800. The van der Waals surface area contributed by atoms with E-state index in [1.54, 1.807) is 20.8 Å². The molecule has 0 radical (unpaired) electrons. The standard InChI is InChI=1S/C20H39NO7SSi/c1-12-15(21-14(2)22)16(28-30(10,11)20(6,7)8)13-17(27-29(9,24)25)18(23)26-19(3,4)5/h12,15-17H,1,13H2,2-11H3,(H,21,22)/t15-,16-,17+/m0/s1. The zero-order valence-corrected chi connectivity index (χ0v) is 21.8. The number of amides is 1. The minimum atomic E-state index is -3.96. The molecule has 1 amide bonds. The van der Waals surface area contributed by atoms with E-state index in [4.69, 9.17) is 13.3 Å². The maximum atomic E-state index is 12.7. The molecule has 0 fully saturated rings. The van der Waals surface area contributed by atoms with Crippen molar-refractivity contribution in [3.63, 3.8) is 0 Å². The molecule has 0 aliphatic heterocycles. The van der Waals surface area contributed by atoms with E-state index in [2.05, 4.69) is 32.7 Å². The molecule has 3 atom stereocenters. The minimum absolute atomic E-state index is 0.133. The Hall–Kier alpha value is -1.23. The fourth-order valence-corrected chi connectivity index (χ4v) is 4.26. The molecule has 0 saturated heterocycles. The Balaban J connectivity index is 6.08. The number of nitrogens with one attached hydrogen (secondary N) is 1. The van der Waals surface area contributed by atoms with Crippen LogP contribution in [0.2, 0.25) is 18.1 Å². The van der Waals surface area contributed by atoms with Crippen molar-refractivity contribution in [2.75, 3.05) is 6.26 Å². The maximum absolute atomic E-state index is 12.7. The normalized spacial score (nSPS) is 16.3. The molecule has 0 unspecified atom stereocenters. The number of hydrogen-bond acceptors (Lipinski definition) is 7. The Labute approximate surface area is 183 Å². The Morgan fingerprint density at radius 1 is 1.13 bits per heavy atom. The minimum Gasteiger partial charge on any atom is -0.458 e. The van der Waals surface area contributed by atoms with Gasteiger partial charge in [-0.15, -0.1) is 6.58 Å². The van der Waals surface area contributed by atoms with Crippen molar-refractivity contribution < 1.29 is 31.4 Å². The van der Waals surface area contributed by atoms with Crippen molar-refractivity contribution in [2.24, 2.45) is 0 Å². The van der Waals surface area contributed by atoms with Crippen molar-refractivity contribution in [1.29, 1.82) is 0 Å². The fourth-order valence-electron chi connectivity index (χ4n) is 2.33. The highest BCUT2D eigenvalue weighted by Gasteiger charge is 2.42. The third kappa shape index (κ3) is 10.7. The van der Waals surface area contributed by atoms with E-state index in [0.29, 0.717) is 0 Å². The summed E-state index contributed by atoms with van der Waals surface area (Å²) in [5, 5.41) is 2.58. The first-order valence-corrected chi connectivity index (χ1v) is 14.6. The summed E-state index contributed by atoms with van der Waals surface area (Å²) in [5.74, 6) is -1.12. The van der Waals surface area contributed by atoms with Gasteiger partial charge in [0.05, 0.1) is 18.4 Å². The molecule has 0 aliphatic rings. The largest absolute Gasteiger partial charge is 0.458 e. The molecule has 10 heteroatoms. The zero-order chi connectivity index (χ0) is 24.1. The number of ether oxygens (including phenoxy) is 1. The van der Waals surface area contributed by atoms with Crippen LogP contribution in [-0.4, -0.2) is 58.7 Å². The molecular weight excluding hydrogens is 426 g/mol. The third-order valence-corrected chi connectivity index (χ3v) is 9.77. The van der Waals surface area contributed by atoms with Crippen molar-refractivity contribution in [3.05, 3.63) is 12.7 Å². The second-order valence-electron chi connectivity index (χ2n) is 9.94. The van der Waals surface area contributed by atoms with Crippen molar-refractivity contribution >= 4 is 30.3 Å². The third-order valence-electron chi connectivity index (χ3n) is 4.68. The van der Waals surface area contributed by atoms with E-state index < -0.39 is 48.3 Å². The molecule has 176 valence electrons. The van der Waals surface area contributed by atoms with Gasteiger partial charge in [-0.2, -0.15) is 8.42 Å². The second kappa shape index (κ2) is 10.4. The van der Waals surface area contributed by atoms with Crippen LogP contribution in [0, 0.1) is 0 Å². The molecule has 0 spiro atoms. The molecule has 8 nitrogen and oxygen atoms in total. The van der Waals surface area contributed by atoms with E-state index in [9.17, 15) is 18.0 Å². The van der Waals surface area contributed by atoms with Gasteiger partial charge in [-0.25, -0.2) is 4.79 Å². The lowest BCUT2D eigenvalue weighted by atomic mass is 10.0. The smallest absolute Gasteiger partial charge is 0.337 e. The predicted octanol–water partition coefficient (Wildman–Crippen LogP) is 3.14. The summed E-state index contributed by atoms with van der Waals surface area (Å²) in [6.07, 6.45) is 0.0706. The number of hydrogen-bond donors (Lipinski definition) is 1. The van der Waals surface area contributed by atoms with Gasteiger partial charge in [-0.3, -0.25) is 8.98 Å².